The van der Waals surface area contributed by atoms with E-state index >= 15 is 0 Å². The van der Waals surface area contributed by atoms with Crippen molar-refractivity contribution in [2.24, 2.45) is 0 Å². The van der Waals surface area contributed by atoms with E-state index in [9.17, 15) is 0 Å². The molecule has 0 unspecified atom stereocenters. The van der Waals surface area contributed by atoms with E-state index in [1.807, 2.05) is 0 Å². The summed E-state index contributed by atoms with van der Waals surface area (Å²) in [6.07, 6.45) is 2.05. The zero-order valence-electron chi connectivity index (χ0n) is 26.1. The Morgan fingerprint density at radius 2 is 0.854 bits per heavy atom. The van der Waals surface area contributed by atoms with E-state index in [-0.39, 0.29) is 0 Å². The van der Waals surface area contributed by atoms with Crippen LogP contribution >= 0.6 is 0 Å². The van der Waals surface area contributed by atoms with Crippen LogP contribution in [0.1, 0.15) is 0 Å². The smallest absolute Gasteiger partial charge is 0.0723 e. The summed E-state index contributed by atoms with van der Waals surface area (Å²) in [7, 11) is 0. The van der Waals surface area contributed by atoms with Crippen molar-refractivity contribution in [2.75, 3.05) is 0 Å². The topological polar surface area (TPSA) is 22.8 Å². The number of rotatable bonds is 4. The maximum atomic E-state index is 4.91. The molecule has 3 aromatic heterocycles. The van der Waals surface area contributed by atoms with Gasteiger partial charge in [-0.15, -0.1) is 0 Å². The number of fused-ring (bicyclic) bond motifs is 8. The van der Waals surface area contributed by atoms with Crippen LogP contribution in [-0.4, -0.2) is 14.1 Å². The third-order valence-electron chi connectivity index (χ3n) is 9.75. The minimum absolute atomic E-state index is 0.996. The monoisotopic (exact) mass is 611 g/mol. The lowest BCUT2D eigenvalue weighted by Gasteiger charge is -2.11. The molecular weight excluding hydrogens is 583 g/mol. The van der Waals surface area contributed by atoms with Crippen LogP contribution in [0, 0.1) is 0 Å². The standard InChI is InChI=1S/C45H29N3/c1-3-11-30(12-4-1)31-19-23-35(24-20-31)48-44-26-22-33(28-39(44)40-29-46-41-17-9-7-16-37(41)45(40)48)32-21-25-43-38(27-32)36-15-8-10-18-42(36)47(43)34-13-5-2-6-14-34/h1-29H. The van der Waals surface area contributed by atoms with Gasteiger partial charge in [-0.3, -0.25) is 4.98 Å². The molecule has 224 valence electrons. The molecule has 10 rings (SSSR count). The molecule has 0 aliphatic rings. The summed E-state index contributed by atoms with van der Waals surface area (Å²) in [5.41, 5.74) is 12.9. The van der Waals surface area contributed by atoms with E-state index in [1.54, 1.807) is 0 Å². The van der Waals surface area contributed by atoms with Crippen molar-refractivity contribution in [2.45, 2.75) is 0 Å². The zero-order chi connectivity index (χ0) is 31.6. The van der Waals surface area contributed by atoms with Gasteiger partial charge in [0.1, 0.15) is 0 Å². The van der Waals surface area contributed by atoms with Crippen molar-refractivity contribution in [3.05, 3.63) is 176 Å². The summed E-state index contributed by atoms with van der Waals surface area (Å²) in [6.45, 7) is 0. The van der Waals surface area contributed by atoms with Crippen LogP contribution in [0.15, 0.2) is 176 Å². The molecule has 0 fully saturated rings. The van der Waals surface area contributed by atoms with E-state index in [1.165, 1.54) is 66.2 Å². The Kier molecular flexibility index (Phi) is 5.87. The fourth-order valence-corrected chi connectivity index (χ4v) is 7.52. The van der Waals surface area contributed by atoms with Crippen molar-refractivity contribution in [1.82, 2.24) is 14.1 Å². The first kappa shape index (κ1) is 26.7. The first-order valence-electron chi connectivity index (χ1n) is 16.4. The molecule has 0 amide bonds. The van der Waals surface area contributed by atoms with Gasteiger partial charge in [0.25, 0.3) is 0 Å². The summed E-state index contributed by atoms with van der Waals surface area (Å²) in [5.74, 6) is 0. The van der Waals surface area contributed by atoms with Crippen LogP contribution in [0.4, 0.5) is 0 Å². The summed E-state index contributed by atoms with van der Waals surface area (Å²) in [5, 5.41) is 6.00. The molecule has 3 nitrogen and oxygen atoms in total. The molecule has 3 heteroatoms. The molecule has 0 aliphatic carbocycles. The van der Waals surface area contributed by atoms with Crippen LogP contribution < -0.4 is 0 Å². The lowest BCUT2D eigenvalue weighted by molar-refractivity contribution is 1.18. The van der Waals surface area contributed by atoms with Crippen LogP contribution in [-0.2, 0) is 0 Å². The Morgan fingerprint density at radius 1 is 0.333 bits per heavy atom. The van der Waals surface area contributed by atoms with Gasteiger partial charge in [0.2, 0.25) is 0 Å². The van der Waals surface area contributed by atoms with Gasteiger partial charge in [-0.25, -0.2) is 0 Å². The van der Waals surface area contributed by atoms with Gasteiger partial charge in [0.15, 0.2) is 0 Å². The van der Waals surface area contributed by atoms with Crippen LogP contribution in [0.5, 0.6) is 0 Å². The molecule has 0 radical (unpaired) electrons. The first-order valence-corrected chi connectivity index (χ1v) is 16.4. The SMILES string of the molecule is c1ccc(-c2ccc(-n3c4ccc(-c5ccc6c(c5)c5ccccc5n6-c5ccccc5)cc4c4cnc5ccccc5c43)cc2)cc1. The quantitative estimate of drug-likeness (QED) is 0.194. The molecule has 0 atom stereocenters. The molecule has 0 N–H and O–H groups in total. The average Bonchev–Trinajstić information content (AvgIpc) is 3.68. The van der Waals surface area contributed by atoms with Crippen molar-refractivity contribution in [1.29, 1.82) is 0 Å². The Balaban J connectivity index is 1.18. The summed E-state index contributed by atoms with van der Waals surface area (Å²) < 4.78 is 4.77. The third kappa shape index (κ3) is 4.04. The predicted molar refractivity (Wildman–Crippen MR) is 201 cm³/mol. The van der Waals surface area contributed by atoms with E-state index < -0.39 is 0 Å². The molecule has 0 spiro atoms. The van der Waals surface area contributed by atoms with Crippen LogP contribution in [0.2, 0.25) is 0 Å². The third-order valence-corrected chi connectivity index (χ3v) is 9.75. The molecule has 0 aliphatic heterocycles. The average molecular weight is 612 g/mol. The number of benzene rings is 7. The van der Waals surface area contributed by atoms with Crippen molar-refractivity contribution in [3.8, 4) is 33.6 Å². The molecule has 3 heterocycles. The van der Waals surface area contributed by atoms with Gasteiger partial charge in [0, 0.05) is 44.5 Å². The molecular formula is C45H29N3. The Labute approximate surface area is 277 Å². The molecule has 10 aromatic rings. The second-order valence-corrected chi connectivity index (χ2v) is 12.4. The van der Waals surface area contributed by atoms with E-state index in [4.69, 9.17) is 4.98 Å². The minimum Gasteiger partial charge on any atom is -0.309 e. The number of nitrogens with zero attached hydrogens (tertiary/aromatic N) is 3. The van der Waals surface area contributed by atoms with Gasteiger partial charge >= 0.3 is 0 Å². The highest BCUT2D eigenvalue weighted by Crippen LogP contribution is 2.40. The fourth-order valence-electron chi connectivity index (χ4n) is 7.52. The van der Waals surface area contributed by atoms with Crippen molar-refractivity contribution >= 4 is 54.5 Å². The second kappa shape index (κ2) is 10.5. The van der Waals surface area contributed by atoms with Gasteiger partial charge in [-0.2, -0.15) is 0 Å². The molecule has 0 bridgehead atoms. The largest absolute Gasteiger partial charge is 0.309 e. The molecule has 7 aromatic carbocycles. The van der Waals surface area contributed by atoms with E-state index in [0.29, 0.717) is 0 Å². The minimum atomic E-state index is 0.996. The van der Waals surface area contributed by atoms with Crippen molar-refractivity contribution in [3.63, 3.8) is 0 Å². The highest BCUT2D eigenvalue weighted by atomic mass is 15.0. The number of aromatic nitrogens is 3. The normalized spacial score (nSPS) is 11.8. The van der Waals surface area contributed by atoms with E-state index in [0.717, 1.165) is 22.0 Å². The number of hydrogen-bond acceptors (Lipinski definition) is 1. The van der Waals surface area contributed by atoms with E-state index in [2.05, 4.69) is 185 Å². The summed E-state index contributed by atoms with van der Waals surface area (Å²) in [6, 6.07) is 61.1. The number of pyridine rings is 1. The Hall–Kier alpha value is -6.45. The number of para-hydroxylation sites is 3. The molecule has 0 saturated heterocycles. The van der Waals surface area contributed by atoms with Crippen molar-refractivity contribution < 1.29 is 0 Å². The number of hydrogen-bond donors (Lipinski definition) is 0. The Morgan fingerprint density at radius 3 is 1.60 bits per heavy atom. The lowest BCUT2D eigenvalue weighted by atomic mass is 10.0. The van der Waals surface area contributed by atoms with Gasteiger partial charge in [-0.1, -0.05) is 109 Å². The zero-order valence-corrected chi connectivity index (χ0v) is 26.1. The highest BCUT2D eigenvalue weighted by Gasteiger charge is 2.18. The lowest BCUT2D eigenvalue weighted by Crippen LogP contribution is -1.95. The maximum absolute atomic E-state index is 4.91. The van der Waals surface area contributed by atoms with Crippen LogP contribution in [0.3, 0.4) is 0 Å². The van der Waals surface area contributed by atoms with Crippen LogP contribution in [0.25, 0.3) is 88.1 Å². The van der Waals surface area contributed by atoms with Gasteiger partial charge in [-0.05, 0) is 82.9 Å². The molecule has 0 saturated carbocycles. The predicted octanol–water partition coefficient (Wildman–Crippen LogP) is 11.8. The van der Waals surface area contributed by atoms with Gasteiger partial charge in [0.05, 0.1) is 27.6 Å². The highest BCUT2D eigenvalue weighted by molar-refractivity contribution is 6.18. The summed E-state index contributed by atoms with van der Waals surface area (Å²) in [4.78, 5) is 4.91. The molecule has 48 heavy (non-hydrogen) atoms. The second-order valence-electron chi connectivity index (χ2n) is 12.4. The maximum Gasteiger partial charge on any atom is 0.0723 e. The fraction of sp³-hybridized carbons (Fsp3) is 0. The first-order chi connectivity index (χ1) is 23.8. The Bertz CT molecular complexity index is 2810. The van der Waals surface area contributed by atoms with Gasteiger partial charge < -0.3 is 9.13 Å². The summed E-state index contributed by atoms with van der Waals surface area (Å²) >= 11 is 0.